The molecule has 0 aliphatic carbocycles. The Morgan fingerprint density at radius 1 is 0.436 bits per heavy atom. The third-order valence-corrected chi connectivity index (χ3v) is 8.51. The number of benzene rings is 8. The van der Waals surface area contributed by atoms with Crippen LogP contribution in [0.1, 0.15) is 16.7 Å². The normalized spacial score (nSPS) is 12.8. The monoisotopic (exact) mass is 518 g/mol. The van der Waals surface area contributed by atoms with E-state index in [1.807, 2.05) is 0 Å². The van der Waals surface area contributed by atoms with Gasteiger partial charge in [-0.25, -0.2) is 0 Å². The molecule has 190 valence electrons. The van der Waals surface area contributed by atoms with E-state index in [2.05, 4.69) is 0 Å². The molecule has 0 radical (unpaired) electrons. The first kappa shape index (κ1) is 22.0. The molecular weight excluding hydrogens is 500 g/mol. The van der Waals surface area contributed by atoms with Crippen LogP contribution in [0.2, 0.25) is 0 Å². The van der Waals surface area contributed by atoms with Crippen molar-refractivity contribution in [2.24, 2.45) is 0 Å². The number of aryl methyl sites for hydroxylation is 2. The molecule has 0 aliphatic heterocycles. The van der Waals surface area contributed by atoms with Gasteiger partial charge in [0.25, 0.3) is 0 Å². The van der Waals surface area contributed by atoms with Crippen molar-refractivity contribution >= 4 is 75.4 Å². The summed E-state index contributed by atoms with van der Waals surface area (Å²) in [6, 6.07) is 5.18. The lowest BCUT2D eigenvalue weighted by atomic mass is 9.77. The molecule has 0 bridgehead atoms. The minimum Gasteiger partial charge on any atom is -0.507 e. The SMILES string of the molecule is Cc1cc(O)c2c(=O)c3c(O)cc(O)c4c5c(C)cc(O)c6c(=O)c7c(O)cc(CO)c8c1c2c(c34)c(c65)c78. The van der Waals surface area contributed by atoms with E-state index >= 15 is 0 Å². The third kappa shape index (κ3) is 2.15. The topological polar surface area (TPSA) is 156 Å². The molecule has 39 heavy (non-hydrogen) atoms. The number of fused-ring (bicyclic) bond motifs is 2. The lowest BCUT2D eigenvalue weighted by molar-refractivity contribution is 0.283. The maximum Gasteiger partial charge on any atom is 0.201 e. The van der Waals surface area contributed by atoms with Crippen LogP contribution in [-0.2, 0) is 6.61 Å². The summed E-state index contributed by atoms with van der Waals surface area (Å²) in [5.74, 6) is -1.78. The highest BCUT2D eigenvalue weighted by Gasteiger charge is 2.32. The molecule has 8 aromatic carbocycles. The second-order valence-corrected chi connectivity index (χ2v) is 10.5. The molecule has 8 aromatic rings. The van der Waals surface area contributed by atoms with Crippen LogP contribution in [0.5, 0.6) is 28.7 Å². The zero-order chi connectivity index (χ0) is 27.4. The summed E-state index contributed by atoms with van der Waals surface area (Å²) in [6.45, 7) is 2.94. The molecule has 8 nitrogen and oxygen atoms in total. The largest absolute Gasteiger partial charge is 0.507 e. The summed E-state index contributed by atoms with van der Waals surface area (Å²) in [5.41, 5.74) is 0.115. The number of hydrogen-bond donors (Lipinski definition) is 6. The summed E-state index contributed by atoms with van der Waals surface area (Å²) in [6.07, 6.45) is 0. The molecule has 0 unspecified atom stereocenters. The van der Waals surface area contributed by atoms with E-state index in [1.165, 1.54) is 18.2 Å². The second kappa shape index (κ2) is 6.48. The smallest absolute Gasteiger partial charge is 0.201 e. The Bertz CT molecular complexity index is 2530. The van der Waals surface area contributed by atoms with Gasteiger partial charge in [-0.15, -0.1) is 0 Å². The van der Waals surface area contributed by atoms with Gasteiger partial charge in [0.15, 0.2) is 0 Å². The van der Waals surface area contributed by atoms with Gasteiger partial charge >= 0.3 is 0 Å². The average Bonchev–Trinajstić information content (AvgIpc) is 2.86. The number of hydrogen-bond acceptors (Lipinski definition) is 8. The lowest BCUT2D eigenvalue weighted by Gasteiger charge is -2.25. The van der Waals surface area contributed by atoms with Gasteiger partial charge in [-0.1, -0.05) is 0 Å². The summed E-state index contributed by atoms with van der Waals surface area (Å²) >= 11 is 0. The van der Waals surface area contributed by atoms with Crippen molar-refractivity contribution in [1.29, 1.82) is 0 Å². The molecule has 0 amide bonds. The van der Waals surface area contributed by atoms with Crippen LogP contribution in [0.25, 0.3) is 75.4 Å². The molecule has 6 N–H and O–H groups in total. The minimum atomic E-state index is -0.637. The summed E-state index contributed by atoms with van der Waals surface area (Å²) in [7, 11) is 0. The van der Waals surface area contributed by atoms with Crippen molar-refractivity contribution in [2.45, 2.75) is 20.5 Å². The predicted octanol–water partition coefficient (Wildman–Crippen LogP) is 4.87. The van der Waals surface area contributed by atoms with Crippen LogP contribution in [0.3, 0.4) is 0 Å². The fraction of sp³-hybridized carbons (Fsp3) is 0.0968. The Hall–Kier alpha value is -5.08. The van der Waals surface area contributed by atoms with E-state index in [0.717, 1.165) is 6.07 Å². The van der Waals surface area contributed by atoms with Crippen LogP contribution < -0.4 is 10.9 Å². The summed E-state index contributed by atoms with van der Waals surface area (Å²) in [5, 5.41) is 69.0. The predicted molar refractivity (Wildman–Crippen MR) is 150 cm³/mol. The van der Waals surface area contributed by atoms with Gasteiger partial charge in [0.05, 0.1) is 28.2 Å². The molecule has 0 atom stereocenters. The third-order valence-electron chi connectivity index (χ3n) is 8.51. The molecular formula is C31H18O8. The van der Waals surface area contributed by atoms with Gasteiger partial charge in [-0.05, 0) is 64.9 Å². The molecule has 0 spiro atoms. The maximum absolute atomic E-state index is 14.0. The number of rotatable bonds is 1. The molecule has 8 rings (SSSR count). The van der Waals surface area contributed by atoms with E-state index in [0.29, 0.717) is 59.8 Å². The van der Waals surface area contributed by atoms with Gasteiger partial charge in [-0.3, -0.25) is 9.59 Å². The van der Waals surface area contributed by atoms with Crippen molar-refractivity contribution in [2.75, 3.05) is 0 Å². The molecule has 0 aliphatic rings. The Kier molecular flexibility index (Phi) is 3.65. The number of aromatic hydroxyl groups is 5. The fourth-order valence-electron chi connectivity index (χ4n) is 7.20. The van der Waals surface area contributed by atoms with Crippen molar-refractivity contribution < 1.29 is 30.6 Å². The number of phenols is 5. The first-order chi connectivity index (χ1) is 18.6. The highest BCUT2D eigenvalue weighted by molar-refractivity contribution is 6.50. The van der Waals surface area contributed by atoms with Crippen LogP contribution in [0.15, 0.2) is 33.9 Å². The van der Waals surface area contributed by atoms with Crippen LogP contribution in [0, 0.1) is 13.8 Å². The van der Waals surface area contributed by atoms with Crippen molar-refractivity contribution in [3.05, 3.63) is 61.4 Å². The highest BCUT2D eigenvalue weighted by atomic mass is 16.3. The first-order valence-corrected chi connectivity index (χ1v) is 12.3. The minimum absolute atomic E-state index is 0.0551. The zero-order valence-electron chi connectivity index (χ0n) is 20.5. The summed E-state index contributed by atoms with van der Waals surface area (Å²) in [4.78, 5) is 28.0. The van der Waals surface area contributed by atoms with Gasteiger partial charge in [-0.2, -0.15) is 0 Å². The number of phenolic OH excluding ortho intramolecular Hbond substituents is 5. The maximum atomic E-state index is 14.0. The molecule has 0 aromatic heterocycles. The van der Waals surface area contributed by atoms with Gasteiger partial charge in [0, 0.05) is 43.8 Å². The van der Waals surface area contributed by atoms with Gasteiger partial charge in [0.1, 0.15) is 28.7 Å². The average molecular weight is 518 g/mol. The van der Waals surface area contributed by atoms with E-state index in [1.54, 1.807) is 13.8 Å². The fourth-order valence-corrected chi connectivity index (χ4v) is 7.20. The van der Waals surface area contributed by atoms with E-state index in [9.17, 15) is 40.2 Å². The molecule has 8 heteroatoms. The van der Waals surface area contributed by atoms with Gasteiger partial charge < -0.3 is 30.6 Å². The summed E-state index contributed by atoms with van der Waals surface area (Å²) < 4.78 is 0. The zero-order valence-corrected chi connectivity index (χ0v) is 20.5. The van der Waals surface area contributed by atoms with Gasteiger partial charge in [0.2, 0.25) is 10.9 Å². The van der Waals surface area contributed by atoms with Crippen LogP contribution in [-0.4, -0.2) is 30.6 Å². The Labute approximate surface area is 216 Å². The van der Waals surface area contributed by atoms with Crippen molar-refractivity contribution in [3.63, 3.8) is 0 Å². The Morgan fingerprint density at radius 2 is 0.769 bits per heavy atom. The quantitative estimate of drug-likeness (QED) is 0.133. The standard InChI is InChI=1S/C31H18O8/c1-8-3-11(33)20-24-16(8)18-10(7-32)5-13(35)22-26(18)28-25-17(9(2)4-12(34)21(25)30(22)38)19-14(36)6-15(37)23(31(20)39)27(19)29(24)28/h3-6,32-37H,7H2,1-2H3. The highest BCUT2D eigenvalue weighted by Crippen LogP contribution is 2.56. The van der Waals surface area contributed by atoms with E-state index in [4.69, 9.17) is 0 Å². The molecule has 0 fully saturated rings. The molecule has 0 saturated carbocycles. The first-order valence-electron chi connectivity index (χ1n) is 12.3. The van der Waals surface area contributed by atoms with E-state index < -0.39 is 23.2 Å². The number of aliphatic hydroxyl groups is 1. The molecule has 0 saturated heterocycles. The van der Waals surface area contributed by atoms with Crippen molar-refractivity contribution in [1.82, 2.24) is 0 Å². The second-order valence-electron chi connectivity index (χ2n) is 10.5. The molecule has 0 heterocycles. The lowest BCUT2D eigenvalue weighted by Crippen LogP contribution is -2.11. The Morgan fingerprint density at radius 3 is 1.26 bits per heavy atom. The van der Waals surface area contributed by atoms with E-state index in [-0.39, 0.29) is 55.3 Å². The Balaban J connectivity index is 2.03. The van der Waals surface area contributed by atoms with Crippen molar-refractivity contribution in [3.8, 4) is 28.7 Å². The number of aliphatic hydroxyl groups excluding tert-OH is 1. The van der Waals surface area contributed by atoms with Crippen LogP contribution in [0.4, 0.5) is 0 Å². The van der Waals surface area contributed by atoms with Crippen LogP contribution >= 0.6 is 0 Å².